The Kier molecular flexibility index (Phi) is 4.33. The number of hydrazine groups is 1. The Morgan fingerprint density at radius 2 is 2.15 bits per heavy atom. The van der Waals surface area contributed by atoms with Gasteiger partial charge < -0.3 is 0 Å². The number of nitrogens with one attached hydrogen (secondary N) is 1. The summed E-state index contributed by atoms with van der Waals surface area (Å²) >= 11 is 7.37. The van der Waals surface area contributed by atoms with Crippen molar-refractivity contribution in [2.24, 2.45) is 5.84 Å². The van der Waals surface area contributed by atoms with Crippen LogP contribution >= 0.6 is 22.9 Å². The van der Waals surface area contributed by atoms with Crippen molar-refractivity contribution < 1.29 is 13.2 Å². The average Bonchev–Trinajstić information content (AvgIpc) is 2.72. The van der Waals surface area contributed by atoms with Crippen LogP contribution < -0.4 is 11.3 Å². The third-order valence-electron chi connectivity index (χ3n) is 2.82. The lowest BCUT2D eigenvalue weighted by Gasteiger charge is -2.20. The van der Waals surface area contributed by atoms with Crippen LogP contribution in [0.25, 0.3) is 0 Å². The van der Waals surface area contributed by atoms with Gasteiger partial charge in [0.25, 0.3) is 0 Å². The standard InChI is InChI=1S/C12H11ClF3N3S/c1-6-5-20-11(9(6)13)10(19-17)7-4-18-3-2-8(7)12(14,15)16/h2-5,10,19H,17H2,1H3. The van der Waals surface area contributed by atoms with Crippen molar-refractivity contribution in [2.75, 3.05) is 0 Å². The van der Waals surface area contributed by atoms with Gasteiger partial charge in [0.15, 0.2) is 0 Å². The van der Waals surface area contributed by atoms with Gasteiger partial charge in [0.1, 0.15) is 0 Å². The molecule has 20 heavy (non-hydrogen) atoms. The van der Waals surface area contributed by atoms with E-state index in [1.165, 1.54) is 11.3 Å². The zero-order valence-corrected chi connectivity index (χ0v) is 11.9. The molecule has 8 heteroatoms. The number of aromatic nitrogens is 1. The van der Waals surface area contributed by atoms with Crippen molar-refractivity contribution in [3.05, 3.63) is 50.4 Å². The second-order valence-electron chi connectivity index (χ2n) is 4.16. The Balaban J connectivity index is 2.56. The number of nitrogens with two attached hydrogens (primary N) is 1. The quantitative estimate of drug-likeness (QED) is 0.670. The molecule has 0 aliphatic carbocycles. The van der Waals surface area contributed by atoms with E-state index in [-0.39, 0.29) is 5.56 Å². The first-order valence-electron chi connectivity index (χ1n) is 5.57. The molecule has 0 saturated heterocycles. The maximum absolute atomic E-state index is 13.0. The van der Waals surface area contributed by atoms with Crippen LogP contribution in [0.5, 0.6) is 0 Å². The van der Waals surface area contributed by atoms with Crippen LogP contribution in [0.1, 0.15) is 27.6 Å². The molecule has 2 aromatic rings. The van der Waals surface area contributed by atoms with E-state index in [0.717, 1.165) is 24.0 Å². The topological polar surface area (TPSA) is 50.9 Å². The molecule has 108 valence electrons. The molecule has 0 aromatic carbocycles. The maximum atomic E-state index is 13.0. The van der Waals surface area contributed by atoms with Crippen LogP contribution in [0.3, 0.4) is 0 Å². The molecule has 0 bridgehead atoms. The molecule has 1 unspecified atom stereocenters. The van der Waals surface area contributed by atoms with Crippen LogP contribution in [0, 0.1) is 6.92 Å². The normalized spacial score (nSPS) is 13.5. The number of aryl methyl sites for hydroxylation is 1. The van der Waals surface area contributed by atoms with Gasteiger partial charge in [-0.25, -0.2) is 5.43 Å². The molecule has 1 atom stereocenters. The summed E-state index contributed by atoms with van der Waals surface area (Å²) in [6.07, 6.45) is -2.23. The van der Waals surface area contributed by atoms with E-state index in [4.69, 9.17) is 17.4 Å². The van der Waals surface area contributed by atoms with Crippen LogP contribution in [0.15, 0.2) is 23.8 Å². The summed E-state index contributed by atoms with van der Waals surface area (Å²) in [6.45, 7) is 1.78. The van der Waals surface area contributed by atoms with Gasteiger partial charge in [-0.1, -0.05) is 11.6 Å². The highest BCUT2D eigenvalue weighted by molar-refractivity contribution is 7.10. The molecule has 2 heterocycles. The highest BCUT2D eigenvalue weighted by atomic mass is 35.5. The predicted octanol–water partition coefficient (Wildman–Crippen LogP) is 3.68. The van der Waals surface area contributed by atoms with Gasteiger partial charge in [-0.3, -0.25) is 10.8 Å². The van der Waals surface area contributed by atoms with E-state index < -0.39 is 17.8 Å². The lowest BCUT2D eigenvalue weighted by atomic mass is 10.0. The fourth-order valence-corrected chi connectivity index (χ4v) is 3.23. The number of hydrogen-bond acceptors (Lipinski definition) is 4. The molecule has 2 aromatic heterocycles. The van der Waals surface area contributed by atoms with Crippen LogP contribution in [0.4, 0.5) is 13.2 Å². The summed E-state index contributed by atoms with van der Waals surface area (Å²) in [5.41, 5.74) is 2.35. The summed E-state index contributed by atoms with van der Waals surface area (Å²) in [6, 6.07) is 0.0696. The van der Waals surface area contributed by atoms with Crippen molar-refractivity contribution in [1.82, 2.24) is 10.4 Å². The van der Waals surface area contributed by atoms with Crippen LogP contribution in [-0.2, 0) is 6.18 Å². The van der Waals surface area contributed by atoms with Gasteiger partial charge in [0, 0.05) is 22.8 Å². The Morgan fingerprint density at radius 1 is 1.45 bits per heavy atom. The first-order chi connectivity index (χ1) is 9.36. The molecule has 0 aliphatic heterocycles. The fourth-order valence-electron chi connectivity index (χ4n) is 1.85. The maximum Gasteiger partial charge on any atom is 0.416 e. The number of halogens is 4. The van der Waals surface area contributed by atoms with E-state index in [9.17, 15) is 13.2 Å². The summed E-state index contributed by atoms with van der Waals surface area (Å²) in [5.74, 6) is 5.43. The lowest BCUT2D eigenvalue weighted by Crippen LogP contribution is -2.30. The molecule has 3 N–H and O–H groups in total. The molecule has 0 aliphatic rings. The Morgan fingerprint density at radius 3 is 2.65 bits per heavy atom. The van der Waals surface area contributed by atoms with Gasteiger partial charge >= 0.3 is 6.18 Å². The van der Waals surface area contributed by atoms with E-state index in [2.05, 4.69) is 10.4 Å². The van der Waals surface area contributed by atoms with Crippen LogP contribution in [-0.4, -0.2) is 4.98 Å². The Hall–Kier alpha value is -1.15. The lowest BCUT2D eigenvalue weighted by molar-refractivity contribution is -0.138. The summed E-state index contributed by atoms with van der Waals surface area (Å²) in [7, 11) is 0. The number of thiophene rings is 1. The van der Waals surface area contributed by atoms with E-state index in [1.807, 2.05) is 0 Å². The monoisotopic (exact) mass is 321 g/mol. The summed E-state index contributed by atoms with van der Waals surface area (Å²) in [4.78, 5) is 4.29. The molecular formula is C12H11ClF3N3S. The molecule has 3 nitrogen and oxygen atoms in total. The summed E-state index contributed by atoms with van der Waals surface area (Å²) < 4.78 is 39.1. The highest BCUT2D eigenvalue weighted by Crippen LogP contribution is 2.40. The number of rotatable bonds is 3. The molecule has 0 spiro atoms. The van der Waals surface area contributed by atoms with Crippen molar-refractivity contribution in [1.29, 1.82) is 0 Å². The number of alkyl halides is 3. The number of pyridine rings is 1. The first-order valence-corrected chi connectivity index (χ1v) is 6.82. The van der Waals surface area contributed by atoms with E-state index in [1.54, 1.807) is 12.3 Å². The zero-order valence-electron chi connectivity index (χ0n) is 10.3. The molecule has 2 rings (SSSR count). The molecule has 0 saturated carbocycles. The highest BCUT2D eigenvalue weighted by Gasteiger charge is 2.36. The van der Waals surface area contributed by atoms with Crippen molar-refractivity contribution in [3.8, 4) is 0 Å². The second-order valence-corrected chi connectivity index (χ2v) is 5.45. The molecular weight excluding hydrogens is 311 g/mol. The van der Waals surface area contributed by atoms with Gasteiger partial charge in [-0.15, -0.1) is 11.3 Å². The molecule has 0 radical (unpaired) electrons. The SMILES string of the molecule is Cc1csc(C(NN)c2cnccc2C(F)(F)F)c1Cl. The predicted molar refractivity (Wildman–Crippen MR) is 72.5 cm³/mol. The minimum absolute atomic E-state index is 0.0498. The van der Waals surface area contributed by atoms with Crippen molar-refractivity contribution in [3.63, 3.8) is 0 Å². The Labute approximate surface area is 122 Å². The first kappa shape index (κ1) is 15.2. The zero-order chi connectivity index (χ0) is 14.9. The minimum Gasteiger partial charge on any atom is -0.271 e. The average molecular weight is 322 g/mol. The van der Waals surface area contributed by atoms with E-state index in [0.29, 0.717) is 9.90 Å². The van der Waals surface area contributed by atoms with E-state index >= 15 is 0 Å². The second kappa shape index (κ2) is 5.69. The third kappa shape index (κ3) is 2.80. The minimum atomic E-state index is -4.48. The van der Waals surface area contributed by atoms with Crippen molar-refractivity contribution >= 4 is 22.9 Å². The van der Waals surface area contributed by atoms with Gasteiger partial charge in [-0.2, -0.15) is 13.2 Å². The van der Waals surface area contributed by atoms with Crippen LogP contribution in [0.2, 0.25) is 5.02 Å². The van der Waals surface area contributed by atoms with Gasteiger partial charge in [0.05, 0.1) is 16.6 Å². The van der Waals surface area contributed by atoms with Gasteiger partial charge in [0.2, 0.25) is 0 Å². The number of nitrogens with zero attached hydrogens (tertiary/aromatic N) is 1. The van der Waals surface area contributed by atoms with Crippen molar-refractivity contribution in [2.45, 2.75) is 19.1 Å². The fraction of sp³-hybridized carbons (Fsp3) is 0.250. The third-order valence-corrected chi connectivity index (χ3v) is 4.60. The van der Waals surface area contributed by atoms with Gasteiger partial charge in [-0.05, 0) is 23.9 Å². The largest absolute Gasteiger partial charge is 0.416 e. The molecule has 0 amide bonds. The Bertz CT molecular complexity index is 612. The smallest absolute Gasteiger partial charge is 0.271 e. The molecule has 0 fully saturated rings. The summed E-state index contributed by atoms with van der Waals surface area (Å²) in [5, 5.41) is 2.18. The number of hydrogen-bond donors (Lipinski definition) is 2.